The quantitative estimate of drug-likeness (QED) is 0.568. The van der Waals surface area contributed by atoms with E-state index >= 15 is 0 Å². The number of halogens is 2. The van der Waals surface area contributed by atoms with Crippen molar-refractivity contribution in [3.63, 3.8) is 0 Å². The predicted octanol–water partition coefficient (Wildman–Crippen LogP) is 4.36. The lowest BCUT2D eigenvalue weighted by atomic mass is 10.00. The second kappa shape index (κ2) is 5.57. The number of hydrogen-bond donors (Lipinski definition) is 0. The zero-order chi connectivity index (χ0) is 13.3. The molecule has 1 atom stereocenters. The van der Waals surface area contributed by atoms with Gasteiger partial charge >= 0.3 is 0 Å². The monoisotopic (exact) mass is 376 g/mol. The zero-order valence-electron chi connectivity index (χ0n) is 10.0. The lowest BCUT2D eigenvalue weighted by molar-refractivity contribution is -0.385. The van der Waals surface area contributed by atoms with Crippen LogP contribution < -0.4 is 4.90 Å². The van der Waals surface area contributed by atoms with Crippen molar-refractivity contribution in [3.8, 4) is 0 Å². The van der Waals surface area contributed by atoms with Crippen LogP contribution in [0, 0.1) is 16.0 Å². The number of piperidine rings is 1. The summed E-state index contributed by atoms with van der Waals surface area (Å²) < 4.78 is 1.55. The van der Waals surface area contributed by atoms with E-state index < -0.39 is 0 Å². The maximum Gasteiger partial charge on any atom is 0.271 e. The Bertz CT molecular complexity index is 456. The largest absolute Gasteiger partial charge is 0.369 e. The normalized spacial score (nSPS) is 19.9. The standard InChI is InChI=1S/C12H14Br2N2O2/c1-8-3-2-4-15(7-8)12-10(13)5-9(16(17)18)6-11(12)14/h5-6,8H,2-4,7H2,1H3. The number of nitrogens with zero attached hydrogens (tertiary/aromatic N) is 2. The van der Waals surface area contributed by atoms with Gasteiger partial charge in [-0.05, 0) is 50.6 Å². The minimum atomic E-state index is -0.377. The van der Waals surface area contributed by atoms with Crippen LogP contribution in [0.1, 0.15) is 19.8 Å². The topological polar surface area (TPSA) is 46.4 Å². The first-order valence-electron chi connectivity index (χ1n) is 5.87. The summed E-state index contributed by atoms with van der Waals surface area (Å²) in [5.41, 5.74) is 1.12. The van der Waals surface area contributed by atoms with Crippen LogP contribution in [0.2, 0.25) is 0 Å². The van der Waals surface area contributed by atoms with Gasteiger partial charge in [0.05, 0.1) is 10.6 Å². The minimum Gasteiger partial charge on any atom is -0.369 e. The number of non-ortho nitro benzene ring substituents is 1. The SMILES string of the molecule is CC1CCCN(c2c(Br)cc([N+](=O)[O-])cc2Br)C1. The van der Waals surface area contributed by atoms with Gasteiger partial charge in [0.2, 0.25) is 0 Å². The average molecular weight is 378 g/mol. The number of hydrogen-bond acceptors (Lipinski definition) is 3. The molecule has 1 unspecified atom stereocenters. The Morgan fingerprint density at radius 3 is 2.50 bits per heavy atom. The number of nitro benzene ring substituents is 1. The summed E-state index contributed by atoms with van der Waals surface area (Å²) in [5, 5.41) is 10.8. The molecule has 1 aromatic carbocycles. The van der Waals surface area contributed by atoms with Crippen molar-refractivity contribution in [2.75, 3.05) is 18.0 Å². The summed E-state index contributed by atoms with van der Waals surface area (Å²) >= 11 is 6.89. The molecule has 1 fully saturated rings. The molecule has 0 N–H and O–H groups in total. The molecular weight excluding hydrogens is 364 g/mol. The molecule has 2 rings (SSSR count). The second-order valence-electron chi connectivity index (χ2n) is 4.71. The summed E-state index contributed by atoms with van der Waals surface area (Å²) in [7, 11) is 0. The molecule has 1 saturated heterocycles. The molecule has 0 radical (unpaired) electrons. The van der Waals surface area contributed by atoms with Crippen molar-refractivity contribution in [3.05, 3.63) is 31.2 Å². The second-order valence-corrected chi connectivity index (χ2v) is 6.42. The summed E-state index contributed by atoms with van der Waals surface area (Å²) in [6, 6.07) is 3.14. The predicted molar refractivity (Wildman–Crippen MR) is 79.1 cm³/mol. The molecule has 6 heteroatoms. The van der Waals surface area contributed by atoms with E-state index in [1.54, 1.807) is 12.1 Å². The summed E-state index contributed by atoms with van der Waals surface area (Å²) in [6.07, 6.45) is 2.41. The molecular formula is C12H14Br2N2O2. The van der Waals surface area contributed by atoms with Gasteiger partial charge in [-0.15, -0.1) is 0 Å². The lowest BCUT2D eigenvalue weighted by Gasteiger charge is -2.34. The first-order valence-corrected chi connectivity index (χ1v) is 7.46. The van der Waals surface area contributed by atoms with Crippen LogP contribution >= 0.6 is 31.9 Å². The Kier molecular flexibility index (Phi) is 4.27. The number of anilines is 1. The smallest absolute Gasteiger partial charge is 0.271 e. The molecule has 4 nitrogen and oxygen atoms in total. The van der Waals surface area contributed by atoms with E-state index in [0.717, 1.165) is 34.1 Å². The molecule has 1 aromatic rings. The third-order valence-corrected chi connectivity index (χ3v) is 4.39. The minimum absolute atomic E-state index is 0.0996. The fourth-order valence-electron chi connectivity index (χ4n) is 2.35. The first kappa shape index (κ1) is 13.8. The highest BCUT2D eigenvalue weighted by Crippen LogP contribution is 2.39. The summed E-state index contributed by atoms with van der Waals surface area (Å²) in [6.45, 7) is 4.23. The maximum atomic E-state index is 10.8. The van der Waals surface area contributed by atoms with Crippen LogP contribution in [-0.2, 0) is 0 Å². The van der Waals surface area contributed by atoms with Crippen LogP contribution in [-0.4, -0.2) is 18.0 Å². The molecule has 18 heavy (non-hydrogen) atoms. The van der Waals surface area contributed by atoms with E-state index in [4.69, 9.17) is 0 Å². The van der Waals surface area contributed by atoms with Crippen LogP contribution in [0.4, 0.5) is 11.4 Å². The molecule has 0 aliphatic carbocycles. The van der Waals surface area contributed by atoms with Crippen molar-refractivity contribution in [1.82, 2.24) is 0 Å². The molecule has 0 saturated carbocycles. The molecule has 1 aliphatic rings. The van der Waals surface area contributed by atoms with Crippen LogP contribution in [0.15, 0.2) is 21.1 Å². The third-order valence-electron chi connectivity index (χ3n) is 3.19. The van der Waals surface area contributed by atoms with Crippen LogP contribution in [0.5, 0.6) is 0 Å². The number of nitro groups is 1. The van der Waals surface area contributed by atoms with Crippen LogP contribution in [0.3, 0.4) is 0 Å². The van der Waals surface area contributed by atoms with E-state index in [0.29, 0.717) is 5.92 Å². The average Bonchev–Trinajstić information content (AvgIpc) is 2.27. The summed E-state index contributed by atoms with van der Waals surface area (Å²) in [5.74, 6) is 0.660. The Morgan fingerprint density at radius 1 is 1.39 bits per heavy atom. The van der Waals surface area contributed by atoms with E-state index in [9.17, 15) is 10.1 Å². The van der Waals surface area contributed by atoms with Gasteiger partial charge in [0.15, 0.2) is 0 Å². The lowest BCUT2D eigenvalue weighted by Crippen LogP contribution is -2.34. The Labute approximate surface area is 123 Å². The Morgan fingerprint density at radius 2 is 2.00 bits per heavy atom. The van der Waals surface area contributed by atoms with Crippen LogP contribution in [0.25, 0.3) is 0 Å². The van der Waals surface area contributed by atoms with Gasteiger partial charge in [-0.2, -0.15) is 0 Å². The fraction of sp³-hybridized carbons (Fsp3) is 0.500. The van der Waals surface area contributed by atoms with Gasteiger partial charge in [-0.25, -0.2) is 0 Å². The van der Waals surface area contributed by atoms with Gasteiger partial charge in [0, 0.05) is 34.2 Å². The van der Waals surface area contributed by atoms with Gasteiger partial charge in [0.25, 0.3) is 5.69 Å². The highest BCUT2D eigenvalue weighted by molar-refractivity contribution is 9.11. The summed E-state index contributed by atoms with van der Waals surface area (Å²) in [4.78, 5) is 12.7. The number of rotatable bonds is 2. The molecule has 1 aliphatic heterocycles. The molecule has 0 aromatic heterocycles. The maximum absolute atomic E-state index is 10.8. The third kappa shape index (κ3) is 2.85. The van der Waals surface area contributed by atoms with E-state index in [1.807, 2.05) is 0 Å². The first-order chi connectivity index (χ1) is 8.49. The van der Waals surface area contributed by atoms with Gasteiger partial charge in [-0.1, -0.05) is 6.92 Å². The van der Waals surface area contributed by atoms with Crippen molar-refractivity contribution < 1.29 is 4.92 Å². The molecule has 1 heterocycles. The molecule has 98 valence electrons. The van der Waals surface area contributed by atoms with Crippen molar-refractivity contribution in [1.29, 1.82) is 0 Å². The Hall–Kier alpha value is -0.620. The van der Waals surface area contributed by atoms with Gasteiger partial charge in [-0.3, -0.25) is 10.1 Å². The van der Waals surface area contributed by atoms with E-state index in [-0.39, 0.29) is 10.6 Å². The van der Waals surface area contributed by atoms with Crippen molar-refractivity contribution in [2.45, 2.75) is 19.8 Å². The molecule has 0 amide bonds. The molecule has 0 bridgehead atoms. The molecule has 0 spiro atoms. The van der Waals surface area contributed by atoms with Gasteiger partial charge in [0.1, 0.15) is 0 Å². The highest BCUT2D eigenvalue weighted by atomic mass is 79.9. The highest BCUT2D eigenvalue weighted by Gasteiger charge is 2.22. The van der Waals surface area contributed by atoms with Crippen molar-refractivity contribution in [2.24, 2.45) is 5.92 Å². The number of benzene rings is 1. The van der Waals surface area contributed by atoms with E-state index in [2.05, 4.69) is 43.7 Å². The van der Waals surface area contributed by atoms with Crippen molar-refractivity contribution >= 4 is 43.2 Å². The fourth-order valence-corrected chi connectivity index (χ4v) is 4.02. The Balaban J connectivity index is 2.36. The van der Waals surface area contributed by atoms with Gasteiger partial charge < -0.3 is 4.90 Å². The zero-order valence-corrected chi connectivity index (χ0v) is 13.2. The van der Waals surface area contributed by atoms with E-state index in [1.165, 1.54) is 6.42 Å².